The molecule has 1 unspecified atom stereocenters. The number of carbonyl (C=O) groups excluding carboxylic acids is 1. The zero-order valence-corrected chi connectivity index (χ0v) is 15.8. The highest BCUT2D eigenvalue weighted by Gasteiger charge is 2.24. The maximum absolute atomic E-state index is 13.0. The van der Waals surface area contributed by atoms with Crippen LogP contribution in [-0.2, 0) is 4.79 Å². The van der Waals surface area contributed by atoms with Gasteiger partial charge in [-0.25, -0.2) is 0 Å². The second-order valence-electron chi connectivity index (χ2n) is 6.94. The molecular weight excluding hydrogens is 348 g/mol. The number of hydrogen-bond acceptors (Lipinski definition) is 3. The van der Waals surface area contributed by atoms with Gasteiger partial charge in [0, 0.05) is 37.0 Å². The van der Waals surface area contributed by atoms with Crippen molar-refractivity contribution < 1.29 is 9.90 Å². The van der Waals surface area contributed by atoms with Crippen molar-refractivity contribution in [2.24, 2.45) is 0 Å². The van der Waals surface area contributed by atoms with E-state index >= 15 is 0 Å². The number of rotatable bonds is 4. The maximum atomic E-state index is 13.0. The van der Waals surface area contributed by atoms with Crippen molar-refractivity contribution in [3.05, 3.63) is 64.7 Å². The Labute approximate surface area is 160 Å². The van der Waals surface area contributed by atoms with Gasteiger partial charge in [-0.1, -0.05) is 35.9 Å². The van der Waals surface area contributed by atoms with Crippen LogP contribution in [0.2, 0.25) is 5.02 Å². The lowest BCUT2D eigenvalue weighted by Crippen LogP contribution is -2.35. The highest BCUT2D eigenvalue weighted by atomic mass is 35.5. The van der Waals surface area contributed by atoms with Crippen LogP contribution in [0.4, 0.5) is 0 Å². The number of aromatic hydroxyl groups is 1. The molecule has 0 spiro atoms. The van der Waals surface area contributed by atoms with Crippen LogP contribution in [0.5, 0.6) is 5.75 Å². The van der Waals surface area contributed by atoms with E-state index in [0.29, 0.717) is 11.4 Å². The topological polar surface area (TPSA) is 43.8 Å². The molecule has 2 aromatic rings. The summed E-state index contributed by atoms with van der Waals surface area (Å²) in [5.41, 5.74) is 1.91. The van der Waals surface area contributed by atoms with Gasteiger partial charge in [-0.15, -0.1) is 0 Å². The lowest BCUT2D eigenvalue weighted by molar-refractivity contribution is -0.131. The van der Waals surface area contributed by atoms with E-state index in [1.807, 2.05) is 41.3 Å². The first-order chi connectivity index (χ1) is 12.5. The molecule has 3 rings (SSSR count). The average Bonchev–Trinajstić information content (AvgIpc) is 2.84. The monoisotopic (exact) mass is 372 g/mol. The van der Waals surface area contributed by atoms with E-state index in [2.05, 4.69) is 11.9 Å². The SMILES string of the molecule is CN1CCCN(C(=O)CC(c2cccc(O)c2)c2cccc(Cl)c2)CC1. The van der Waals surface area contributed by atoms with E-state index in [1.54, 1.807) is 12.1 Å². The molecule has 1 N–H and O–H groups in total. The van der Waals surface area contributed by atoms with Crippen molar-refractivity contribution in [1.29, 1.82) is 0 Å². The van der Waals surface area contributed by atoms with Crippen molar-refractivity contribution in [2.45, 2.75) is 18.8 Å². The van der Waals surface area contributed by atoms with Crippen LogP contribution in [-0.4, -0.2) is 54.0 Å². The Morgan fingerprint density at radius 3 is 2.54 bits per heavy atom. The second-order valence-corrected chi connectivity index (χ2v) is 7.38. The van der Waals surface area contributed by atoms with Gasteiger partial charge in [-0.2, -0.15) is 0 Å². The molecule has 1 atom stereocenters. The summed E-state index contributed by atoms with van der Waals surface area (Å²) in [6, 6.07) is 14.8. The van der Waals surface area contributed by atoms with Crippen LogP contribution >= 0.6 is 11.6 Å². The second kappa shape index (κ2) is 8.56. The minimum Gasteiger partial charge on any atom is -0.508 e. The molecule has 2 aromatic carbocycles. The summed E-state index contributed by atoms with van der Waals surface area (Å²) >= 11 is 6.18. The van der Waals surface area contributed by atoms with Crippen LogP contribution < -0.4 is 0 Å². The highest BCUT2D eigenvalue weighted by Crippen LogP contribution is 2.32. The Balaban J connectivity index is 1.85. The average molecular weight is 373 g/mol. The van der Waals surface area contributed by atoms with Crippen LogP contribution in [0.1, 0.15) is 29.9 Å². The summed E-state index contributed by atoms with van der Waals surface area (Å²) in [4.78, 5) is 17.2. The number of amides is 1. The molecule has 0 radical (unpaired) electrons. The fourth-order valence-electron chi connectivity index (χ4n) is 3.49. The molecular formula is C21H25ClN2O2. The van der Waals surface area contributed by atoms with Crippen molar-refractivity contribution >= 4 is 17.5 Å². The van der Waals surface area contributed by atoms with Gasteiger partial charge in [0.2, 0.25) is 5.91 Å². The summed E-state index contributed by atoms with van der Waals surface area (Å²) in [7, 11) is 2.09. The summed E-state index contributed by atoms with van der Waals surface area (Å²) in [5.74, 6) is 0.223. The Hall–Kier alpha value is -2.04. The molecule has 0 bridgehead atoms. The third-order valence-corrected chi connectivity index (χ3v) is 5.21. The third kappa shape index (κ3) is 4.77. The fraction of sp³-hybridized carbons (Fsp3) is 0.381. The molecule has 1 fully saturated rings. The molecule has 26 heavy (non-hydrogen) atoms. The normalized spacial score (nSPS) is 16.9. The van der Waals surface area contributed by atoms with Crippen LogP contribution in [0.25, 0.3) is 0 Å². The summed E-state index contributed by atoms with van der Waals surface area (Å²) in [5, 5.41) is 10.5. The number of carbonyl (C=O) groups is 1. The molecule has 1 amide bonds. The quantitative estimate of drug-likeness (QED) is 0.889. The Bertz CT molecular complexity index is 720. The first-order valence-corrected chi connectivity index (χ1v) is 9.41. The lowest BCUT2D eigenvalue weighted by Gasteiger charge is -2.25. The number of benzene rings is 2. The highest BCUT2D eigenvalue weighted by molar-refractivity contribution is 6.30. The van der Waals surface area contributed by atoms with Gasteiger partial charge in [-0.05, 0) is 55.4 Å². The summed E-state index contributed by atoms with van der Waals surface area (Å²) < 4.78 is 0. The number of phenols is 1. The molecule has 4 nitrogen and oxygen atoms in total. The largest absolute Gasteiger partial charge is 0.508 e. The summed E-state index contributed by atoms with van der Waals surface area (Å²) in [6.45, 7) is 3.48. The third-order valence-electron chi connectivity index (χ3n) is 4.97. The Kier molecular flexibility index (Phi) is 6.17. The van der Waals surface area contributed by atoms with Crippen LogP contribution in [0, 0.1) is 0 Å². The molecule has 0 saturated carbocycles. The van der Waals surface area contributed by atoms with Gasteiger partial charge in [0.15, 0.2) is 0 Å². The van der Waals surface area contributed by atoms with E-state index in [9.17, 15) is 9.90 Å². The van der Waals surface area contributed by atoms with Gasteiger partial charge < -0.3 is 14.9 Å². The van der Waals surface area contributed by atoms with Crippen molar-refractivity contribution in [2.75, 3.05) is 33.2 Å². The smallest absolute Gasteiger partial charge is 0.223 e. The van der Waals surface area contributed by atoms with Crippen molar-refractivity contribution in [3.63, 3.8) is 0 Å². The van der Waals surface area contributed by atoms with Gasteiger partial charge in [-0.3, -0.25) is 4.79 Å². The minimum atomic E-state index is -0.130. The molecule has 1 aliphatic rings. The van der Waals surface area contributed by atoms with E-state index in [4.69, 9.17) is 11.6 Å². The number of likely N-dealkylation sites (N-methyl/N-ethyl adjacent to an activating group) is 1. The van der Waals surface area contributed by atoms with E-state index < -0.39 is 0 Å². The first kappa shape index (κ1) is 18.7. The Morgan fingerprint density at radius 2 is 1.81 bits per heavy atom. The number of hydrogen-bond donors (Lipinski definition) is 1. The van der Waals surface area contributed by atoms with Crippen LogP contribution in [0.3, 0.4) is 0 Å². The van der Waals surface area contributed by atoms with Crippen LogP contribution in [0.15, 0.2) is 48.5 Å². The van der Waals surface area contributed by atoms with Gasteiger partial charge >= 0.3 is 0 Å². The molecule has 0 aromatic heterocycles. The zero-order chi connectivity index (χ0) is 18.5. The maximum Gasteiger partial charge on any atom is 0.223 e. The van der Waals surface area contributed by atoms with Crippen molar-refractivity contribution in [3.8, 4) is 5.75 Å². The van der Waals surface area contributed by atoms with Gasteiger partial charge in [0.05, 0.1) is 0 Å². The minimum absolute atomic E-state index is 0.130. The zero-order valence-electron chi connectivity index (χ0n) is 15.1. The number of phenolic OH excluding ortho intramolecular Hbond substituents is 1. The number of halogens is 1. The molecule has 1 heterocycles. The molecule has 138 valence electrons. The predicted octanol–water partition coefficient (Wildman–Crippen LogP) is 3.73. The van der Waals surface area contributed by atoms with Gasteiger partial charge in [0.1, 0.15) is 5.75 Å². The molecule has 1 saturated heterocycles. The predicted molar refractivity (Wildman–Crippen MR) is 105 cm³/mol. The fourth-order valence-corrected chi connectivity index (χ4v) is 3.69. The molecule has 0 aliphatic carbocycles. The van der Waals surface area contributed by atoms with E-state index in [-0.39, 0.29) is 17.6 Å². The summed E-state index contributed by atoms with van der Waals surface area (Å²) in [6.07, 6.45) is 1.36. The number of nitrogens with zero attached hydrogens (tertiary/aromatic N) is 2. The van der Waals surface area contributed by atoms with Crippen molar-refractivity contribution in [1.82, 2.24) is 9.80 Å². The lowest BCUT2D eigenvalue weighted by atomic mass is 9.88. The van der Waals surface area contributed by atoms with Gasteiger partial charge in [0.25, 0.3) is 0 Å². The standard InChI is InChI=1S/C21H25ClN2O2/c1-23-9-4-10-24(12-11-23)21(26)15-20(16-5-2-7-18(22)13-16)17-6-3-8-19(25)14-17/h2-3,5-8,13-14,20,25H,4,9-12,15H2,1H3. The van der Waals surface area contributed by atoms with E-state index in [0.717, 1.165) is 43.7 Å². The molecule has 5 heteroatoms. The Morgan fingerprint density at radius 1 is 1.08 bits per heavy atom. The molecule has 1 aliphatic heterocycles. The van der Waals surface area contributed by atoms with E-state index in [1.165, 1.54) is 0 Å². The first-order valence-electron chi connectivity index (χ1n) is 9.03.